The lowest BCUT2D eigenvalue weighted by atomic mass is 9.94. The largest absolute Gasteiger partial charge is 0.498 e. The highest BCUT2D eigenvalue weighted by Crippen LogP contribution is 2.21. The Morgan fingerprint density at radius 1 is 1.64 bits per heavy atom. The maximum absolute atomic E-state index is 11.0. The standard InChI is InChI=1S/C9H14O2/c1-3-11-9-5-7(2)4-8(10)6-9/h6-7H,3-5H2,1-2H3/t7-/m0/s1. The van der Waals surface area contributed by atoms with Crippen molar-refractivity contribution in [2.24, 2.45) is 5.92 Å². The van der Waals surface area contributed by atoms with Crippen LogP contribution in [0.25, 0.3) is 0 Å². The third kappa shape index (κ3) is 2.37. The molecule has 1 aliphatic rings. The van der Waals surface area contributed by atoms with Gasteiger partial charge in [-0.25, -0.2) is 0 Å². The molecule has 0 saturated carbocycles. The average Bonchev–Trinajstić information content (AvgIpc) is 1.85. The SMILES string of the molecule is CCOC1=CC(=O)C[C@H](C)C1. The Balaban J connectivity index is 2.57. The highest BCUT2D eigenvalue weighted by molar-refractivity contribution is 5.91. The van der Waals surface area contributed by atoms with Gasteiger partial charge in [-0.3, -0.25) is 4.79 Å². The Bertz CT molecular complexity index is 182. The van der Waals surface area contributed by atoms with E-state index in [4.69, 9.17) is 4.74 Å². The molecule has 0 saturated heterocycles. The van der Waals surface area contributed by atoms with Crippen LogP contribution in [0.15, 0.2) is 11.8 Å². The molecule has 0 heterocycles. The number of hydrogen-bond acceptors (Lipinski definition) is 2. The molecule has 1 atom stereocenters. The zero-order chi connectivity index (χ0) is 8.27. The van der Waals surface area contributed by atoms with E-state index in [-0.39, 0.29) is 5.78 Å². The molecule has 2 nitrogen and oxygen atoms in total. The van der Waals surface area contributed by atoms with Gasteiger partial charge in [-0.15, -0.1) is 0 Å². The zero-order valence-corrected chi connectivity index (χ0v) is 7.09. The van der Waals surface area contributed by atoms with Crippen LogP contribution in [-0.2, 0) is 9.53 Å². The number of carbonyl (C=O) groups excluding carboxylic acids is 1. The number of hydrogen-bond donors (Lipinski definition) is 0. The van der Waals surface area contributed by atoms with Crippen LogP contribution in [0, 0.1) is 5.92 Å². The third-order valence-corrected chi connectivity index (χ3v) is 1.75. The van der Waals surface area contributed by atoms with Crippen LogP contribution in [0.2, 0.25) is 0 Å². The van der Waals surface area contributed by atoms with Gasteiger partial charge >= 0.3 is 0 Å². The fourth-order valence-electron chi connectivity index (χ4n) is 1.34. The molecule has 0 aromatic carbocycles. The van der Waals surface area contributed by atoms with Crippen molar-refractivity contribution in [3.8, 4) is 0 Å². The van der Waals surface area contributed by atoms with E-state index in [0.717, 1.165) is 12.2 Å². The fraction of sp³-hybridized carbons (Fsp3) is 0.667. The number of ketones is 1. The summed E-state index contributed by atoms with van der Waals surface area (Å²) in [6, 6.07) is 0. The Labute approximate surface area is 67.2 Å². The van der Waals surface area contributed by atoms with Crippen molar-refractivity contribution in [1.29, 1.82) is 0 Å². The van der Waals surface area contributed by atoms with Gasteiger partial charge in [0.25, 0.3) is 0 Å². The minimum absolute atomic E-state index is 0.201. The fourth-order valence-corrected chi connectivity index (χ4v) is 1.34. The van der Waals surface area contributed by atoms with Crippen LogP contribution >= 0.6 is 0 Å². The molecule has 62 valence electrons. The number of allylic oxidation sites excluding steroid dienone is 2. The monoisotopic (exact) mass is 154 g/mol. The van der Waals surface area contributed by atoms with Gasteiger partial charge in [-0.1, -0.05) is 6.92 Å². The van der Waals surface area contributed by atoms with E-state index in [1.165, 1.54) is 0 Å². The van der Waals surface area contributed by atoms with Gasteiger partial charge in [-0.2, -0.15) is 0 Å². The molecule has 0 fully saturated rings. The highest BCUT2D eigenvalue weighted by Gasteiger charge is 2.16. The zero-order valence-electron chi connectivity index (χ0n) is 7.09. The van der Waals surface area contributed by atoms with Gasteiger partial charge < -0.3 is 4.74 Å². The maximum atomic E-state index is 11.0. The topological polar surface area (TPSA) is 26.3 Å². The predicted octanol–water partition coefficient (Wildman–Crippen LogP) is 1.91. The summed E-state index contributed by atoms with van der Waals surface area (Å²) in [4.78, 5) is 11.0. The van der Waals surface area contributed by atoms with Crippen LogP contribution in [0.3, 0.4) is 0 Å². The second-order valence-electron chi connectivity index (χ2n) is 3.02. The van der Waals surface area contributed by atoms with Gasteiger partial charge in [0.15, 0.2) is 5.78 Å². The Kier molecular flexibility index (Phi) is 2.69. The van der Waals surface area contributed by atoms with Crippen molar-refractivity contribution in [2.45, 2.75) is 26.7 Å². The summed E-state index contributed by atoms with van der Waals surface area (Å²) in [6.45, 7) is 4.67. The summed E-state index contributed by atoms with van der Waals surface area (Å²) in [5.41, 5.74) is 0. The molecule has 11 heavy (non-hydrogen) atoms. The molecule has 0 spiro atoms. The molecule has 0 N–H and O–H groups in total. The van der Waals surface area contributed by atoms with Crippen molar-refractivity contribution in [2.75, 3.05) is 6.61 Å². The van der Waals surface area contributed by atoms with Crippen molar-refractivity contribution < 1.29 is 9.53 Å². The van der Waals surface area contributed by atoms with E-state index in [0.29, 0.717) is 18.9 Å². The molecular formula is C9H14O2. The number of rotatable bonds is 2. The summed E-state index contributed by atoms with van der Waals surface area (Å²) in [7, 11) is 0. The lowest BCUT2D eigenvalue weighted by Crippen LogP contribution is -2.12. The molecule has 0 bridgehead atoms. The lowest BCUT2D eigenvalue weighted by molar-refractivity contribution is -0.116. The molecule has 0 aromatic heterocycles. The predicted molar refractivity (Wildman–Crippen MR) is 43.1 cm³/mol. The highest BCUT2D eigenvalue weighted by atomic mass is 16.5. The lowest BCUT2D eigenvalue weighted by Gasteiger charge is -2.17. The van der Waals surface area contributed by atoms with Crippen LogP contribution in [-0.4, -0.2) is 12.4 Å². The molecule has 1 rings (SSSR count). The van der Waals surface area contributed by atoms with E-state index in [1.54, 1.807) is 6.08 Å². The number of carbonyl (C=O) groups is 1. The molecule has 0 radical (unpaired) electrons. The van der Waals surface area contributed by atoms with Gasteiger partial charge in [0.2, 0.25) is 0 Å². The molecule has 0 amide bonds. The normalized spacial score (nSPS) is 24.7. The van der Waals surface area contributed by atoms with E-state index in [9.17, 15) is 4.79 Å². The van der Waals surface area contributed by atoms with Crippen LogP contribution in [0.4, 0.5) is 0 Å². The van der Waals surface area contributed by atoms with E-state index in [2.05, 4.69) is 6.92 Å². The van der Waals surface area contributed by atoms with Crippen molar-refractivity contribution in [3.63, 3.8) is 0 Å². The minimum atomic E-state index is 0.201. The third-order valence-electron chi connectivity index (χ3n) is 1.75. The van der Waals surface area contributed by atoms with Gasteiger partial charge in [-0.05, 0) is 12.8 Å². The molecule has 1 aliphatic carbocycles. The van der Waals surface area contributed by atoms with Crippen LogP contribution < -0.4 is 0 Å². The van der Waals surface area contributed by atoms with Gasteiger partial charge in [0.05, 0.1) is 12.4 Å². The summed E-state index contributed by atoms with van der Waals surface area (Å²) < 4.78 is 5.26. The molecule has 0 aromatic rings. The van der Waals surface area contributed by atoms with Crippen molar-refractivity contribution in [3.05, 3.63) is 11.8 Å². The smallest absolute Gasteiger partial charge is 0.159 e. The van der Waals surface area contributed by atoms with Gasteiger partial charge in [0, 0.05) is 18.9 Å². The average molecular weight is 154 g/mol. The summed E-state index contributed by atoms with van der Waals surface area (Å²) >= 11 is 0. The molecule has 0 aliphatic heterocycles. The maximum Gasteiger partial charge on any atom is 0.159 e. The van der Waals surface area contributed by atoms with Crippen LogP contribution in [0.5, 0.6) is 0 Å². The van der Waals surface area contributed by atoms with Crippen molar-refractivity contribution >= 4 is 5.78 Å². The first-order chi connectivity index (χ1) is 5.22. The summed E-state index contributed by atoms with van der Waals surface area (Å²) in [5, 5.41) is 0. The second-order valence-corrected chi connectivity index (χ2v) is 3.02. The van der Waals surface area contributed by atoms with Crippen molar-refractivity contribution in [1.82, 2.24) is 0 Å². The van der Waals surface area contributed by atoms with E-state index in [1.807, 2.05) is 6.92 Å². The Morgan fingerprint density at radius 2 is 2.36 bits per heavy atom. The van der Waals surface area contributed by atoms with E-state index >= 15 is 0 Å². The van der Waals surface area contributed by atoms with Crippen LogP contribution in [0.1, 0.15) is 26.7 Å². The summed E-state index contributed by atoms with van der Waals surface area (Å²) in [6.07, 6.45) is 3.22. The second kappa shape index (κ2) is 3.56. The Hall–Kier alpha value is -0.790. The quantitative estimate of drug-likeness (QED) is 0.607. The minimum Gasteiger partial charge on any atom is -0.498 e. The first-order valence-electron chi connectivity index (χ1n) is 4.08. The molecule has 0 unspecified atom stereocenters. The Morgan fingerprint density at radius 3 is 2.91 bits per heavy atom. The van der Waals surface area contributed by atoms with Gasteiger partial charge in [0.1, 0.15) is 0 Å². The first kappa shape index (κ1) is 8.31. The molecule has 2 heteroatoms. The number of ether oxygens (including phenoxy) is 1. The summed E-state index contributed by atoms with van der Waals surface area (Å²) in [5.74, 6) is 1.51. The first-order valence-corrected chi connectivity index (χ1v) is 4.08. The molecular weight excluding hydrogens is 140 g/mol. The van der Waals surface area contributed by atoms with E-state index < -0.39 is 0 Å².